The summed E-state index contributed by atoms with van der Waals surface area (Å²) in [5.74, 6) is -1.15. The molecule has 1 N–H and O–H groups in total. The van der Waals surface area contributed by atoms with Crippen LogP contribution in [0.4, 0.5) is 0 Å². The van der Waals surface area contributed by atoms with Gasteiger partial charge in [-0.2, -0.15) is 0 Å². The highest BCUT2D eigenvalue weighted by molar-refractivity contribution is 5.69. The van der Waals surface area contributed by atoms with E-state index in [1.807, 2.05) is 0 Å². The number of carboxylic acids is 1. The lowest BCUT2D eigenvalue weighted by Gasteiger charge is -2.09. The predicted octanol–water partition coefficient (Wildman–Crippen LogP) is 2.17. The van der Waals surface area contributed by atoms with E-state index < -0.39 is 5.97 Å². The summed E-state index contributed by atoms with van der Waals surface area (Å²) in [5.41, 5.74) is 0. The Labute approximate surface area is 298 Å². The van der Waals surface area contributed by atoms with Gasteiger partial charge in [0.2, 0.25) is 0 Å². The van der Waals surface area contributed by atoms with Crippen molar-refractivity contribution in [3.8, 4) is 0 Å². The van der Waals surface area contributed by atoms with Crippen LogP contribution in [0.5, 0.6) is 0 Å². The number of carbonyl (C=O) groups is 2. The van der Waals surface area contributed by atoms with Crippen molar-refractivity contribution in [2.75, 3.05) is 165 Å². The molecule has 0 aliphatic rings. The number of ether oxygens (including phenoxy) is 13. The van der Waals surface area contributed by atoms with Gasteiger partial charge in [0, 0.05) is 6.42 Å². The summed E-state index contributed by atoms with van der Waals surface area (Å²) in [6, 6.07) is 0. The molecule has 0 aromatic heterocycles. The van der Waals surface area contributed by atoms with E-state index in [9.17, 15) is 9.59 Å². The molecule has 50 heavy (non-hydrogen) atoms. The van der Waals surface area contributed by atoms with Crippen LogP contribution in [-0.2, 0) is 71.2 Å². The molecule has 298 valence electrons. The van der Waals surface area contributed by atoms with Crippen molar-refractivity contribution in [1.82, 2.24) is 0 Å². The van der Waals surface area contributed by atoms with Gasteiger partial charge in [-0.05, 0) is 6.42 Å². The van der Waals surface area contributed by atoms with E-state index in [1.165, 1.54) is 19.3 Å². The molecule has 0 heterocycles. The average molecular weight is 731 g/mol. The Bertz CT molecular complexity index is 688. The van der Waals surface area contributed by atoms with Crippen LogP contribution in [0.15, 0.2) is 0 Å². The zero-order chi connectivity index (χ0) is 36.3. The molecule has 0 fully saturated rings. The van der Waals surface area contributed by atoms with E-state index >= 15 is 0 Å². The highest BCUT2D eigenvalue weighted by atomic mass is 16.6. The van der Waals surface area contributed by atoms with Crippen LogP contribution in [0, 0.1) is 0 Å². The van der Waals surface area contributed by atoms with Gasteiger partial charge < -0.3 is 66.7 Å². The quantitative estimate of drug-likeness (QED) is 0.0713. The predicted molar refractivity (Wildman–Crippen MR) is 182 cm³/mol. The molecular weight excluding hydrogens is 664 g/mol. The second-order valence-electron chi connectivity index (χ2n) is 10.6. The number of carboxylic acid groups (broad SMARTS) is 1. The maximum atomic E-state index is 11.6. The van der Waals surface area contributed by atoms with Crippen LogP contribution in [0.1, 0.15) is 45.4 Å². The molecule has 16 nitrogen and oxygen atoms in total. The molecule has 0 spiro atoms. The molecule has 0 amide bonds. The SMILES string of the molecule is CCCCCCCC(=O)OCCOCCOCCOCCOCCOCCOCCOCCOCCOCCOCCOCCOCC(=O)O. The van der Waals surface area contributed by atoms with E-state index in [1.54, 1.807) is 0 Å². The maximum absolute atomic E-state index is 11.6. The zero-order valence-electron chi connectivity index (χ0n) is 30.5. The smallest absolute Gasteiger partial charge is 0.329 e. The number of esters is 1. The molecule has 0 bridgehead atoms. The number of hydrogen-bond donors (Lipinski definition) is 1. The van der Waals surface area contributed by atoms with E-state index in [0.717, 1.165) is 12.8 Å². The monoisotopic (exact) mass is 730 g/mol. The first-order chi connectivity index (χ1) is 24.7. The Morgan fingerprint density at radius 3 is 0.900 bits per heavy atom. The van der Waals surface area contributed by atoms with Crippen molar-refractivity contribution >= 4 is 11.9 Å². The summed E-state index contributed by atoms with van der Waals surface area (Å²) >= 11 is 0. The molecule has 0 radical (unpaired) electrons. The minimum absolute atomic E-state index is 0.153. The number of hydrogen-bond acceptors (Lipinski definition) is 15. The fraction of sp³-hybridized carbons (Fsp3) is 0.941. The first-order valence-corrected chi connectivity index (χ1v) is 18.0. The highest BCUT2D eigenvalue weighted by Gasteiger charge is 2.03. The summed E-state index contributed by atoms with van der Waals surface area (Å²) in [6.45, 7) is 12.5. The number of rotatable bonds is 44. The van der Waals surface area contributed by atoms with Crippen LogP contribution < -0.4 is 0 Å². The lowest BCUT2D eigenvalue weighted by molar-refractivity contribution is -0.145. The molecule has 0 atom stereocenters. The van der Waals surface area contributed by atoms with Crippen LogP contribution >= 0.6 is 0 Å². The lowest BCUT2D eigenvalue weighted by atomic mass is 10.1. The lowest BCUT2D eigenvalue weighted by Crippen LogP contribution is -2.16. The molecule has 16 heteroatoms. The minimum atomic E-state index is -0.999. The molecule has 0 aliphatic carbocycles. The van der Waals surface area contributed by atoms with Crippen molar-refractivity contribution in [2.24, 2.45) is 0 Å². The van der Waals surface area contributed by atoms with Crippen LogP contribution in [0.2, 0.25) is 0 Å². The summed E-state index contributed by atoms with van der Waals surface area (Å²) in [6.07, 6.45) is 6.04. The Kier molecular flexibility index (Phi) is 42.3. The zero-order valence-corrected chi connectivity index (χ0v) is 30.5. The summed E-state index contributed by atoms with van der Waals surface area (Å²) in [4.78, 5) is 21.9. The van der Waals surface area contributed by atoms with Crippen molar-refractivity contribution in [2.45, 2.75) is 45.4 Å². The first kappa shape index (κ1) is 48.5. The van der Waals surface area contributed by atoms with E-state index in [0.29, 0.717) is 152 Å². The Morgan fingerprint density at radius 2 is 0.620 bits per heavy atom. The van der Waals surface area contributed by atoms with Crippen LogP contribution in [-0.4, -0.2) is 182 Å². The summed E-state index contributed by atoms with van der Waals surface area (Å²) < 4.78 is 69.7. The van der Waals surface area contributed by atoms with Crippen LogP contribution in [0.3, 0.4) is 0 Å². The fourth-order valence-corrected chi connectivity index (χ4v) is 3.74. The number of carbonyl (C=O) groups excluding carboxylic acids is 1. The standard InChI is InChI=1S/C34H66O16/c1-2-3-4-5-6-7-34(37)50-31-30-48-27-26-46-23-22-44-19-18-42-15-14-40-11-10-38-8-9-39-12-13-41-16-17-43-20-21-45-24-25-47-28-29-49-32-33(35)36/h2-32H2,1H3,(H,35,36). The van der Waals surface area contributed by atoms with Gasteiger partial charge >= 0.3 is 11.9 Å². The molecule has 0 aromatic carbocycles. The minimum Gasteiger partial charge on any atom is -0.480 e. The van der Waals surface area contributed by atoms with Crippen molar-refractivity contribution in [3.05, 3.63) is 0 Å². The van der Waals surface area contributed by atoms with Gasteiger partial charge in [-0.25, -0.2) is 4.79 Å². The third kappa shape index (κ3) is 44.5. The first-order valence-electron chi connectivity index (χ1n) is 18.0. The molecule has 0 saturated carbocycles. The average Bonchev–Trinajstić information content (AvgIpc) is 3.11. The molecule has 0 unspecified atom stereocenters. The van der Waals surface area contributed by atoms with Crippen molar-refractivity contribution < 1.29 is 76.3 Å². The summed E-state index contributed by atoms with van der Waals surface area (Å²) in [7, 11) is 0. The molecule has 0 aliphatic heterocycles. The largest absolute Gasteiger partial charge is 0.480 e. The van der Waals surface area contributed by atoms with E-state index in [-0.39, 0.29) is 25.8 Å². The van der Waals surface area contributed by atoms with Gasteiger partial charge in [-0.3, -0.25) is 4.79 Å². The Morgan fingerprint density at radius 1 is 0.360 bits per heavy atom. The number of unbranched alkanes of at least 4 members (excludes halogenated alkanes) is 4. The maximum Gasteiger partial charge on any atom is 0.329 e. The van der Waals surface area contributed by atoms with E-state index in [2.05, 4.69) is 6.92 Å². The third-order valence-electron chi connectivity index (χ3n) is 6.29. The van der Waals surface area contributed by atoms with Gasteiger partial charge in [0.25, 0.3) is 0 Å². The van der Waals surface area contributed by atoms with Gasteiger partial charge in [-0.1, -0.05) is 32.6 Å². The third-order valence-corrected chi connectivity index (χ3v) is 6.29. The van der Waals surface area contributed by atoms with Crippen molar-refractivity contribution in [3.63, 3.8) is 0 Å². The Balaban J connectivity index is 3.09. The molecular formula is C34H66O16. The second-order valence-corrected chi connectivity index (χ2v) is 10.6. The second kappa shape index (κ2) is 43.6. The van der Waals surface area contributed by atoms with Crippen molar-refractivity contribution in [1.29, 1.82) is 0 Å². The molecule has 0 rings (SSSR count). The van der Waals surface area contributed by atoms with Gasteiger partial charge in [-0.15, -0.1) is 0 Å². The van der Waals surface area contributed by atoms with Gasteiger partial charge in [0.15, 0.2) is 0 Å². The topological polar surface area (TPSA) is 174 Å². The van der Waals surface area contributed by atoms with Gasteiger partial charge in [0.05, 0.1) is 152 Å². The normalized spacial score (nSPS) is 11.4. The van der Waals surface area contributed by atoms with E-state index in [4.69, 9.17) is 66.7 Å². The highest BCUT2D eigenvalue weighted by Crippen LogP contribution is 2.05. The fourth-order valence-electron chi connectivity index (χ4n) is 3.74. The molecule has 0 aromatic rings. The Hall–Kier alpha value is -1.54. The van der Waals surface area contributed by atoms with Gasteiger partial charge in [0.1, 0.15) is 13.2 Å². The summed E-state index contributed by atoms with van der Waals surface area (Å²) in [5, 5.41) is 8.43. The number of aliphatic carboxylic acids is 1. The van der Waals surface area contributed by atoms with Crippen LogP contribution in [0.25, 0.3) is 0 Å². The molecule has 0 saturated heterocycles.